The second-order valence-electron chi connectivity index (χ2n) is 13.8. The molecular weight excluding hydrogens is 671 g/mol. The molecule has 2 heterocycles. The minimum Gasteiger partial charge on any atom is -0.455 e. The molecule has 1 aliphatic heterocycles. The van der Waals surface area contributed by atoms with E-state index in [4.69, 9.17) is 14.4 Å². The van der Waals surface area contributed by atoms with Crippen LogP contribution in [0.4, 0.5) is 0 Å². The van der Waals surface area contributed by atoms with Gasteiger partial charge in [-0.05, 0) is 50.6 Å². The van der Waals surface area contributed by atoms with Crippen molar-refractivity contribution in [1.82, 2.24) is 5.32 Å². The third kappa shape index (κ3) is 6.20. The van der Waals surface area contributed by atoms with Crippen LogP contribution in [0, 0.1) is 0 Å². The number of fused-ring (bicyclic) bond motifs is 3. The summed E-state index contributed by atoms with van der Waals surface area (Å²) in [6, 6.07) is 69.9. The normalized spacial score (nSPS) is 14.0. The lowest BCUT2D eigenvalue weighted by molar-refractivity contribution is 0.668. The Bertz CT molecular complexity index is 2840. The topological polar surface area (TPSA) is 49.9 Å². The van der Waals surface area contributed by atoms with Crippen molar-refractivity contribution < 1.29 is 4.42 Å². The first-order chi connectivity index (χ1) is 27.2. The number of benzene rings is 8. The Hall–Kier alpha value is -7.30. The molecule has 0 bridgehead atoms. The fourth-order valence-electron chi connectivity index (χ4n) is 7.56. The predicted molar refractivity (Wildman–Crippen MR) is 227 cm³/mol. The monoisotopic (exact) mass is 705 g/mol. The molecule has 1 aliphatic rings. The van der Waals surface area contributed by atoms with Crippen molar-refractivity contribution in [3.63, 3.8) is 0 Å². The maximum absolute atomic E-state index is 6.68. The molecule has 0 amide bonds. The van der Waals surface area contributed by atoms with Crippen molar-refractivity contribution in [3.05, 3.63) is 217 Å². The molecule has 1 N–H and O–H groups in total. The molecule has 0 saturated carbocycles. The van der Waals surface area contributed by atoms with Crippen molar-refractivity contribution in [1.29, 1.82) is 0 Å². The van der Waals surface area contributed by atoms with Gasteiger partial charge in [0.05, 0.1) is 0 Å². The summed E-state index contributed by atoms with van der Waals surface area (Å²) in [6.07, 6.45) is -0.319. The minimum atomic E-state index is -0.319. The van der Waals surface area contributed by atoms with Crippen LogP contribution in [0.5, 0.6) is 0 Å². The number of nitrogens with one attached hydrogen (secondary N) is 1. The van der Waals surface area contributed by atoms with Crippen molar-refractivity contribution >= 4 is 33.6 Å². The van der Waals surface area contributed by atoms with Gasteiger partial charge in [0.2, 0.25) is 0 Å². The Kier molecular flexibility index (Phi) is 8.19. The van der Waals surface area contributed by atoms with Crippen LogP contribution in [0.1, 0.15) is 22.9 Å². The molecule has 0 spiro atoms. The number of rotatable bonds is 7. The minimum absolute atomic E-state index is 0.319. The zero-order valence-corrected chi connectivity index (χ0v) is 29.9. The van der Waals surface area contributed by atoms with Crippen LogP contribution in [0.3, 0.4) is 0 Å². The summed E-state index contributed by atoms with van der Waals surface area (Å²) in [7, 11) is 0. The number of aliphatic imine (C=N–C) groups is 2. The van der Waals surface area contributed by atoms with Gasteiger partial charge in [0.25, 0.3) is 0 Å². The van der Waals surface area contributed by atoms with E-state index in [0.717, 1.165) is 66.7 Å². The third-order valence-corrected chi connectivity index (χ3v) is 10.4. The molecule has 10 rings (SSSR count). The number of para-hydroxylation sites is 1. The lowest BCUT2D eigenvalue weighted by Crippen LogP contribution is -2.33. The third-order valence-electron chi connectivity index (χ3n) is 10.4. The molecule has 4 nitrogen and oxygen atoms in total. The van der Waals surface area contributed by atoms with E-state index in [2.05, 4.69) is 163 Å². The van der Waals surface area contributed by atoms with Gasteiger partial charge in [-0.1, -0.05) is 194 Å². The molecule has 0 saturated heterocycles. The molecule has 260 valence electrons. The first kappa shape index (κ1) is 32.4. The van der Waals surface area contributed by atoms with Gasteiger partial charge in [-0.2, -0.15) is 0 Å². The molecular formula is C51H35N3O. The summed E-state index contributed by atoms with van der Waals surface area (Å²) in [5, 5.41) is 5.74. The van der Waals surface area contributed by atoms with E-state index in [-0.39, 0.29) is 6.17 Å². The van der Waals surface area contributed by atoms with E-state index in [1.165, 1.54) is 22.3 Å². The van der Waals surface area contributed by atoms with E-state index >= 15 is 0 Å². The molecule has 1 aromatic heterocycles. The number of furan rings is 1. The molecule has 1 atom stereocenters. The van der Waals surface area contributed by atoms with Crippen LogP contribution in [0.15, 0.2) is 215 Å². The molecule has 1 unspecified atom stereocenters. The van der Waals surface area contributed by atoms with Gasteiger partial charge in [-0.15, -0.1) is 0 Å². The zero-order valence-electron chi connectivity index (χ0n) is 29.9. The number of amidine groups is 2. The van der Waals surface area contributed by atoms with Crippen molar-refractivity contribution in [2.45, 2.75) is 6.17 Å². The van der Waals surface area contributed by atoms with Crippen molar-refractivity contribution in [2.75, 3.05) is 0 Å². The maximum atomic E-state index is 6.68. The first-order valence-corrected chi connectivity index (χ1v) is 18.6. The highest BCUT2D eigenvalue weighted by Crippen LogP contribution is 2.38. The quantitative estimate of drug-likeness (QED) is 0.179. The first-order valence-electron chi connectivity index (χ1n) is 18.6. The number of hydrogen-bond donors (Lipinski definition) is 1. The van der Waals surface area contributed by atoms with Crippen LogP contribution in [0.25, 0.3) is 66.4 Å². The zero-order chi connectivity index (χ0) is 36.6. The van der Waals surface area contributed by atoms with Crippen LogP contribution in [-0.4, -0.2) is 11.7 Å². The van der Waals surface area contributed by atoms with Crippen LogP contribution in [0.2, 0.25) is 0 Å². The van der Waals surface area contributed by atoms with Crippen LogP contribution >= 0.6 is 0 Å². The van der Waals surface area contributed by atoms with Gasteiger partial charge < -0.3 is 9.73 Å². The average Bonchev–Trinajstić information content (AvgIpc) is 3.67. The SMILES string of the molecule is c1ccc(-c2ccc(-c3ccc(C4=NC(c5ccccc5)NC(c5cccc6oc7c(-c8ccc(-c9ccccc9)cc8)cccc7c56)=N4)cc3)cc2)cc1. The Morgan fingerprint density at radius 2 is 0.873 bits per heavy atom. The summed E-state index contributed by atoms with van der Waals surface area (Å²) in [5.74, 6) is 1.43. The fourth-order valence-corrected chi connectivity index (χ4v) is 7.56. The molecule has 0 radical (unpaired) electrons. The largest absolute Gasteiger partial charge is 0.455 e. The molecule has 55 heavy (non-hydrogen) atoms. The van der Waals surface area contributed by atoms with E-state index in [1.54, 1.807) is 0 Å². The highest BCUT2D eigenvalue weighted by Gasteiger charge is 2.24. The Morgan fingerprint density at radius 1 is 0.400 bits per heavy atom. The smallest absolute Gasteiger partial charge is 0.159 e. The second kappa shape index (κ2) is 13.9. The summed E-state index contributed by atoms with van der Waals surface area (Å²) in [5.41, 5.74) is 13.9. The standard InChI is InChI=1S/C51H35N3O/c1-4-12-34(13-5-1)36-22-24-38(25-23-36)39-28-32-42(33-29-39)50-52-49(41-16-8-3-9-17-41)53-51(54-50)45-20-11-21-46-47(45)44-19-10-18-43(48(44)55-46)40-30-26-37(27-31-40)35-14-6-2-7-15-35/h1-33,49H,(H,52,53,54). The lowest BCUT2D eigenvalue weighted by atomic mass is 9.98. The molecule has 0 aliphatic carbocycles. The molecule has 8 aromatic carbocycles. The number of hydrogen-bond acceptors (Lipinski definition) is 4. The average molecular weight is 706 g/mol. The van der Waals surface area contributed by atoms with Gasteiger partial charge >= 0.3 is 0 Å². The van der Waals surface area contributed by atoms with Gasteiger partial charge in [0.15, 0.2) is 5.84 Å². The predicted octanol–water partition coefficient (Wildman–Crippen LogP) is 12.7. The molecule has 4 heteroatoms. The summed E-state index contributed by atoms with van der Waals surface area (Å²) in [4.78, 5) is 10.4. The second-order valence-corrected chi connectivity index (χ2v) is 13.8. The van der Waals surface area contributed by atoms with Crippen molar-refractivity contribution in [3.8, 4) is 44.5 Å². The Balaban J connectivity index is 1.02. The summed E-state index contributed by atoms with van der Waals surface area (Å²) < 4.78 is 6.68. The van der Waals surface area contributed by atoms with Crippen molar-refractivity contribution in [2.24, 2.45) is 9.98 Å². The van der Waals surface area contributed by atoms with Gasteiger partial charge in [-0.25, -0.2) is 9.98 Å². The van der Waals surface area contributed by atoms with Gasteiger partial charge in [0, 0.05) is 27.5 Å². The van der Waals surface area contributed by atoms with Gasteiger partial charge in [0.1, 0.15) is 23.2 Å². The maximum Gasteiger partial charge on any atom is 0.159 e. The Morgan fingerprint density at radius 3 is 1.45 bits per heavy atom. The highest BCUT2D eigenvalue weighted by atomic mass is 16.3. The highest BCUT2D eigenvalue weighted by molar-refractivity contribution is 6.22. The molecule has 0 fully saturated rings. The Labute approximate surface area is 319 Å². The fraction of sp³-hybridized carbons (Fsp3) is 0.0196. The van der Waals surface area contributed by atoms with E-state index in [0.29, 0.717) is 5.84 Å². The summed E-state index contributed by atoms with van der Waals surface area (Å²) >= 11 is 0. The molecule has 9 aromatic rings. The van der Waals surface area contributed by atoms with E-state index in [9.17, 15) is 0 Å². The summed E-state index contributed by atoms with van der Waals surface area (Å²) in [6.45, 7) is 0. The number of nitrogens with zero attached hydrogens (tertiary/aromatic N) is 2. The van der Waals surface area contributed by atoms with E-state index in [1.807, 2.05) is 42.5 Å². The van der Waals surface area contributed by atoms with Crippen LogP contribution in [-0.2, 0) is 0 Å². The van der Waals surface area contributed by atoms with E-state index < -0.39 is 0 Å². The van der Waals surface area contributed by atoms with Gasteiger partial charge in [-0.3, -0.25) is 0 Å². The lowest BCUT2D eigenvalue weighted by Gasteiger charge is -2.24. The van der Waals surface area contributed by atoms with Crippen LogP contribution < -0.4 is 5.32 Å².